The number of aromatic amines is 2. The Hall–Kier alpha value is -3.80. The number of pyridine rings is 3. The van der Waals surface area contributed by atoms with Gasteiger partial charge in [-0.3, -0.25) is 14.3 Å². The van der Waals surface area contributed by atoms with Crippen molar-refractivity contribution >= 4 is 43.7 Å². The van der Waals surface area contributed by atoms with Crippen molar-refractivity contribution in [3.63, 3.8) is 0 Å². The van der Waals surface area contributed by atoms with Gasteiger partial charge in [-0.05, 0) is 24.3 Å². The SMILES string of the molecule is CS(=O)(=O)O.[2H]C([2H])([2H])Oc1ccccc1-c1nccc2[nH]c(=O)c(-c3nc4cc(Cl)ncc4[nH]3)cc12. The van der Waals surface area contributed by atoms with Crippen molar-refractivity contribution in [1.82, 2.24) is 24.9 Å². The van der Waals surface area contributed by atoms with E-state index in [2.05, 4.69) is 24.9 Å². The molecular formula is C22H18ClN5O5S. The minimum atomic E-state index is -3.67. The zero-order valence-corrected chi connectivity index (χ0v) is 19.0. The first-order chi connectivity index (χ1) is 17.3. The molecule has 0 unspecified atom stereocenters. The van der Waals surface area contributed by atoms with Crippen molar-refractivity contribution in [2.24, 2.45) is 0 Å². The second-order valence-corrected chi connectivity index (χ2v) is 8.93. The normalized spacial score (nSPS) is 13.0. The van der Waals surface area contributed by atoms with Crippen LogP contribution in [0.15, 0.2) is 59.7 Å². The molecule has 0 aliphatic rings. The third kappa shape index (κ3) is 5.06. The smallest absolute Gasteiger partial charge is 0.261 e. The Morgan fingerprint density at radius 2 is 1.85 bits per heavy atom. The maximum atomic E-state index is 12.8. The lowest BCUT2D eigenvalue weighted by Gasteiger charge is -2.10. The lowest BCUT2D eigenvalue weighted by Crippen LogP contribution is -2.10. The van der Waals surface area contributed by atoms with Crippen LogP contribution in [0, 0.1) is 0 Å². The fourth-order valence-corrected chi connectivity index (χ4v) is 3.43. The summed E-state index contributed by atoms with van der Waals surface area (Å²) < 4.78 is 53.4. The largest absolute Gasteiger partial charge is 0.496 e. The molecule has 174 valence electrons. The van der Waals surface area contributed by atoms with Crippen LogP contribution in [-0.4, -0.2) is 51.2 Å². The van der Waals surface area contributed by atoms with Crippen LogP contribution in [0.5, 0.6) is 5.75 Å². The maximum absolute atomic E-state index is 12.8. The number of ether oxygens (including phenoxy) is 1. The minimum Gasteiger partial charge on any atom is -0.496 e. The molecule has 0 aliphatic heterocycles. The molecule has 0 aliphatic carbocycles. The highest BCUT2D eigenvalue weighted by Gasteiger charge is 2.15. The van der Waals surface area contributed by atoms with E-state index < -0.39 is 17.2 Å². The topological polar surface area (TPSA) is 151 Å². The summed E-state index contributed by atoms with van der Waals surface area (Å²) in [4.78, 5) is 31.6. The molecule has 0 bridgehead atoms. The van der Waals surface area contributed by atoms with Crippen LogP contribution in [0.25, 0.3) is 44.6 Å². The zero-order chi connectivity index (χ0) is 27.0. The van der Waals surface area contributed by atoms with E-state index in [4.69, 9.17) is 25.0 Å². The van der Waals surface area contributed by atoms with Crippen molar-refractivity contribution < 1.29 is 21.8 Å². The van der Waals surface area contributed by atoms with Crippen LogP contribution in [0.3, 0.4) is 0 Å². The van der Waals surface area contributed by atoms with Crippen LogP contribution in [-0.2, 0) is 10.1 Å². The van der Waals surface area contributed by atoms with E-state index in [-0.39, 0.29) is 16.9 Å². The Labute approximate surface area is 202 Å². The molecule has 0 saturated carbocycles. The highest BCUT2D eigenvalue weighted by Crippen LogP contribution is 2.33. The predicted molar refractivity (Wildman–Crippen MR) is 130 cm³/mol. The van der Waals surface area contributed by atoms with E-state index in [1.807, 2.05) is 0 Å². The molecule has 10 nitrogen and oxygen atoms in total. The third-order valence-corrected chi connectivity index (χ3v) is 4.82. The van der Waals surface area contributed by atoms with Crippen molar-refractivity contribution in [1.29, 1.82) is 0 Å². The molecule has 0 radical (unpaired) electrons. The molecule has 0 spiro atoms. The Kier molecular flexibility index (Phi) is 5.33. The quantitative estimate of drug-likeness (QED) is 0.249. The average Bonchev–Trinajstić information content (AvgIpc) is 3.19. The van der Waals surface area contributed by atoms with Gasteiger partial charge in [-0.2, -0.15) is 8.42 Å². The number of H-pyrrole nitrogens is 2. The van der Waals surface area contributed by atoms with Gasteiger partial charge in [0, 0.05) is 23.2 Å². The minimum absolute atomic E-state index is 0.157. The van der Waals surface area contributed by atoms with Gasteiger partial charge in [-0.1, -0.05) is 23.7 Å². The monoisotopic (exact) mass is 502 g/mol. The average molecular weight is 503 g/mol. The Bertz CT molecular complexity index is 1780. The number of nitrogens with one attached hydrogen (secondary N) is 2. The van der Waals surface area contributed by atoms with Gasteiger partial charge < -0.3 is 14.7 Å². The molecule has 0 fully saturated rings. The summed E-state index contributed by atoms with van der Waals surface area (Å²) in [5.41, 5.74) is 2.61. The molecule has 4 aromatic heterocycles. The Morgan fingerprint density at radius 1 is 1.09 bits per heavy atom. The van der Waals surface area contributed by atoms with Crippen LogP contribution in [0.2, 0.25) is 5.15 Å². The second kappa shape index (κ2) is 9.21. The standard InChI is InChI=1S/C21H14ClN5O2.CH4O3S/c1-29-17-5-3-2-4-11(17)19-12-8-13(21(28)27-14(12)6-7-23-19)20-25-15-9-18(22)24-10-16(15)26-20;1-5(2,3)4/h2-10H,1H3,(H,25,26)(H,27,28);1H3,(H,2,3,4)/i1D3;. The fourth-order valence-electron chi connectivity index (χ4n) is 3.28. The van der Waals surface area contributed by atoms with E-state index in [9.17, 15) is 13.2 Å². The van der Waals surface area contributed by atoms with Crippen LogP contribution in [0.1, 0.15) is 4.11 Å². The molecule has 3 N–H and O–H groups in total. The number of benzene rings is 1. The molecule has 34 heavy (non-hydrogen) atoms. The summed E-state index contributed by atoms with van der Waals surface area (Å²) in [5, 5.41) is 0.889. The molecule has 1 aromatic carbocycles. The van der Waals surface area contributed by atoms with Gasteiger partial charge in [0.05, 0.1) is 51.4 Å². The highest BCUT2D eigenvalue weighted by atomic mass is 35.5. The van der Waals surface area contributed by atoms with Crippen LogP contribution >= 0.6 is 11.6 Å². The molecule has 5 rings (SSSR count). The maximum Gasteiger partial charge on any atom is 0.261 e. The number of imidazole rings is 1. The first-order valence-electron chi connectivity index (χ1n) is 11.0. The summed E-state index contributed by atoms with van der Waals surface area (Å²) in [6.07, 6.45) is 3.79. The molecule has 0 saturated heterocycles. The van der Waals surface area contributed by atoms with E-state index >= 15 is 0 Å². The third-order valence-electron chi connectivity index (χ3n) is 4.61. The van der Waals surface area contributed by atoms with E-state index in [1.54, 1.807) is 48.7 Å². The molecule has 0 amide bonds. The number of hydrogen-bond acceptors (Lipinski definition) is 7. The number of rotatable bonds is 3. The first kappa shape index (κ1) is 19.6. The lowest BCUT2D eigenvalue weighted by atomic mass is 10.0. The second-order valence-electron chi connectivity index (χ2n) is 7.07. The van der Waals surface area contributed by atoms with Gasteiger partial charge in [-0.15, -0.1) is 0 Å². The van der Waals surface area contributed by atoms with Crippen molar-refractivity contribution in [3.05, 3.63) is 70.4 Å². The van der Waals surface area contributed by atoms with Gasteiger partial charge in [0.25, 0.3) is 15.7 Å². The lowest BCUT2D eigenvalue weighted by molar-refractivity contribution is 0.416. The first-order valence-corrected chi connectivity index (χ1v) is 11.8. The number of nitrogens with zero attached hydrogens (tertiary/aromatic N) is 3. The Morgan fingerprint density at radius 3 is 2.62 bits per heavy atom. The van der Waals surface area contributed by atoms with E-state index in [0.717, 1.165) is 0 Å². The van der Waals surface area contributed by atoms with Crippen molar-refractivity contribution in [2.75, 3.05) is 13.3 Å². The zero-order valence-electron chi connectivity index (χ0n) is 20.4. The highest BCUT2D eigenvalue weighted by molar-refractivity contribution is 7.85. The fraction of sp³-hybridized carbons (Fsp3) is 0.0909. The van der Waals surface area contributed by atoms with Crippen LogP contribution < -0.4 is 10.3 Å². The van der Waals surface area contributed by atoms with E-state index in [1.165, 1.54) is 6.20 Å². The number of halogens is 1. The number of methoxy groups -OCH3 is 1. The Balaban J connectivity index is 0.000000586. The molecule has 0 atom stereocenters. The molecule has 5 aromatic rings. The predicted octanol–water partition coefficient (Wildman–Crippen LogP) is 3.69. The molecule has 12 heteroatoms. The van der Waals surface area contributed by atoms with Crippen LogP contribution in [0.4, 0.5) is 0 Å². The van der Waals surface area contributed by atoms with E-state index in [0.29, 0.717) is 50.4 Å². The van der Waals surface area contributed by atoms with Gasteiger partial charge in [-0.25, -0.2) is 9.97 Å². The molecule has 4 heterocycles. The number of para-hydroxylation sites is 1. The number of hydrogen-bond donors (Lipinski definition) is 3. The number of fused-ring (bicyclic) bond motifs is 2. The van der Waals surface area contributed by atoms with Gasteiger partial charge >= 0.3 is 0 Å². The summed E-state index contributed by atoms with van der Waals surface area (Å²) in [6.45, 7) is 0. The van der Waals surface area contributed by atoms with Gasteiger partial charge in [0.1, 0.15) is 16.7 Å². The summed E-state index contributed by atoms with van der Waals surface area (Å²) >= 11 is 5.94. The summed E-state index contributed by atoms with van der Waals surface area (Å²) in [7, 11) is -6.29. The van der Waals surface area contributed by atoms with Gasteiger partial charge in [0.2, 0.25) is 0 Å². The summed E-state index contributed by atoms with van der Waals surface area (Å²) in [6, 6.07) is 11.6. The van der Waals surface area contributed by atoms with Crippen molar-refractivity contribution in [3.8, 4) is 28.4 Å². The number of aromatic nitrogens is 5. The summed E-state index contributed by atoms with van der Waals surface area (Å²) in [5.74, 6) is 0.499. The van der Waals surface area contributed by atoms with Gasteiger partial charge in [0.15, 0.2) is 0 Å². The van der Waals surface area contributed by atoms with Crippen molar-refractivity contribution in [2.45, 2.75) is 0 Å². The molecular weight excluding hydrogens is 482 g/mol.